The van der Waals surface area contributed by atoms with Gasteiger partial charge in [0.25, 0.3) is 0 Å². The number of hydrogen-bond donors (Lipinski definition) is 3. The number of methoxy groups -OCH3 is 1. The van der Waals surface area contributed by atoms with Gasteiger partial charge >= 0.3 is 5.97 Å². The molecular weight excluding hydrogens is 200 g/mol. The lowest BCUT2D eigenvalue weighted by Gasteiger charge is -2.09. The van der Waals surface area contributed by atoms with Crippen LogP contribution in [0.2, 0.25) is 0 Å². The van der Waals surface area contributed by atoms with Gasteiger partial charge < -0.3 is 15.2 Å². The molecule has 88 valence electrons. The van der Waals surface area contributed by atoms with Gasteiger partial charge in [-0.05, 0) is 13.3 Å². The lowest BCUT2D eigenvalue weighted by atomic mass is 10.3. The van der Waals surface area contributed by atoms with E-state index >= 15 is 0 Å². The average Bonchev–Trinajstić information content (AvgIpc) is 2.20. The monoisotopic (exact) mass is 218 g/mol. The maximum absolute atomic E-state index is 11.1. The second-order valence-corrected chi connectivity index (χ2v) is 3.14. The number of nitrogens with one attached hydrogen (secondary N) is 2. The van der Waals surface area contributed by atoms with E-state index in [1.807, 2.05) is 0 Å². The van der Waals surface area contributed by atoms with Gasteiger partial charge in [-0.1, -0.05) is 0 Å². The molecule has 0 spiro atoms. The number of carboxylic acids is 1. The lowest BCUT2D eigenvalue weighted by molar-refractivity contribution is -0.139. The topological polar surface area (TPSA) is 87.7 Å². The zero-order valence-electron chi connectivity index (χ0n) is 9.08. The van der Waals surface area contributed by atoms with E-state index in [9.17, 15) is 9.59 Å². The lowest BCUT2D eigenvalue weighted by Crippen LogP contribution is -2.41. The molecule has 6 heteroatoms. The normalized spacial score (nSPS) is 12.1. The molecular formula is C9H18N2O4. The van der Waals surface area contributed by atoms with Crippen molar-refractivity contribution in [2.45, 2.75) is 19.4 Å². The predicted molar refractivity (Wildman–Crippen MR) is 54.6 cm³/mol. The van der Waals surface area contributed by atoms with E-state index in [1.165, 1.54) is 6.92 Å². The highest BCUT2D eigenvalue weighted by Crippen LogP contribution is 1.80. The highest BCUT2D eigenvalue weighted by atomic mass is 16.5. The fourth-order valence-corrected chi connectivity index (χ4v) is 0.840. The van der Waals surface area contributed by atoms with Gasteiger partial charge in [0, 0.05) is 20.3 Å². The minimum absolute atomic E-state index is 0.0143. The Balaban J connectivity index is 3.45. The molecule has 1 atom stereocenters. The summed E-state index contributed by atoms with van der Waals surface area (Å²) in [5.41, 5.74) is 0. The van der Waals surface area contributed by atoms with Crippen molar-refractivity contribution in [3.63, 3.8) is 0 Å². The molecule has 0 saturated heterocycles. The number of hydrogen-bond acceptors (Lipinski definition) is 4. The molecule has 0 bridgehead atoms. The van der Waals surface area contributed by atoms with Crippen LogP contribution >= 0.6 is 0 Å². The Morgan fingerprint density at radius 3 is 2.67 bits per heavy atom. The molecule has 1 amide bonds. The van der Waals surface area contributed by atoms with Crippen LogP contribution in [0.1, 0.15) is 13.3 Å². The number of carboxylic acid groups (broad SMARTS) is 1. The summed E-state index contributed by atoms with van der Waals surface area (Å²) < 4.78 is 4.81. The quantitative estimate of drug-likeness (QED) is 0.464. The van der Waals surface area contributed by atoms with Gasteiger partial charge in [-0.2, -0.15) is 0 Å². The van der Waals surface area contributed by atoms with Gasteiger partial charge in [-0.25, -0.2) is 0 Å². The molecule has 0 unspecified atom stereocenters. The number of carbonyl (C=O) groups excluding carboxylic acids is 1. The van der Waals surface area contributed by atoms with Crippen LogP contribution in [-0.4, -0.2) is 49.8 Å². The summed E-state index contributed by atoms with van der Waals surface area (Å²) >= 11 is 0. The number of amides is 1. The molecule has 3 N–H and O–H groups in total. The first-order chi connectivity index (χ1) is 7.07. The Hall–Kier alpha value is -1.14. The standard InChI is InChI=1S/C9H18N2O4/c1-7(9(13)14)11-6-8(12)10-4-3-5-15-2/h7,11H,3-6H2,1-2H3,(H,10,12)(H,13,14)/t7-/m0/s1. The SMILES string of the molecule is COCCCNC(=O)CN[C@@H](C)C(=O)O. The van der Waals surface area contributed by atoms with Crippen molar-refractivity contribution < 1.29 is 19.4 Å². The van der Waals surface area contributed by atoms with Crippen LogP contribution in [0.3, 0.4) is 0 Å². The van der Waals surface area contributed by atoms with Gasteiger partial charge in [0.1, 0.15) is 6.04 Å². The first-order valence-corrected chi connectivity index (χ1v) is 4.79. The average molecular weight is 218 g/mol. The highest BCUT2D eigenvalue weighted by molar-refractivity contribution is 5.79. The summed E-state index contributed by atoms with van der Waals surface area (Å²) in [4.78, 5) is 21.5. The molecule has 6 nitrogen and oxygen atoms in total. The number of rotatable bonds is 8. The van der Waals surface area contributed by atoms with Crippen molar-refractivity contribution in [2.75, 3.05) is 26.8 Å². The van der Waals surface area contributed by atoms with E-state index in [1.54, 1.807) is 7.11 Å². The molecule has 15 heavy (non-hydrogen) atoms. The summed E-state index contributed by atoms with van der Waals surface area (Å²) in [5.74, 6) is -1.18. The third kappa shape index (κ3) is 7.90. The molecule has 0 saturated carbocycles. The summed E-state index contributed by atoms with van der Waals surface area (Å²) in [6, 6.07) is -0.713. The van der Waals surface area contributed by atoms with Gasteiger partial charge in [0.05, 0.1) is 6.54 Å². The largest absolute Gasteiger partial charge is 0.480 e. The van der Waals surface area contributed by atoms with Crippen molar-refractivity contribution >= 4 is 11.9 Å². The van der Waals surface area contributed by atoms with E-state index in [2.05, 4.69) is 10.6 Å². The molecule has 0 heterocycles. The second-order valence-electron chi connectivity index (χ2n) is 3.14. The minimum atomic E-state index is -0.970. The maximum Gasteiger partial charge on any atom is 0.320 e. The van der Waals surface area contributed by atoms with E-state index in [0.717, 1.165) is 6.42 Å². The van der Waals surface area contributed by atoms with Crippen molar-refractivity contribution in [1.82, 2.24) is 10.6 Å². The van der Waals surface area contributed by atoms with Gasteiger partial charge in [0.2, 0.25) is 5.91 Å². The predicted octanol–water partition coefficient (Wildman–Crippen LogP) is -0.798. The van der Waals surface area contributed by atoms with Crippen LogP contribution in [0.15, 0.2) is 0 Å². The van der Waals surface area contributed by atoms with Crippen LogP contribution in [0, 0.1) is 0 Å². The Morgan fingerprint density at radius 1 is 1.47 bits per heavy atom. The summed E-state index contributed by atoms with van der Waals surface area (Å²) in [6.07, 6.45) is 0.747. The number of carbonyl (C=O) groups is 2. The molecule has 0 aromatic heterocycles. The Morgan fingerprint density at radius 2 is 2.13 bits per heavy atom. The maximum atomic E-state index is 11.1. The molecule has 0 aromatic rings. The van der Waals surface area contributed by atoms with Crippen LogP contribution in [-0.2, 0) is 14.3 Å². The van der Waals surface area contributed by atoms with Crippen LogP contribution in [0.5, 0.6) is 0 Å². The highest BCUT2D eigenvalue weighted by Gasteiger charge is 2.10. The first-order valence-electron chi connectivity index (χ1n) is 4.79. The smallest absolute Gasteiger partial charge is 0.320 e. The number of aliphatic carboxylic acids is 1. The third-order valence-electron chi connectivity index (χ3n) is 1.79. The summed E-state index contributed by atoms with van der Waals surface area (Å²) in [5, 5.41) is 13.7. The molecule has 0 aromatic carbocycles. The van der Waals surface area contributed by atoms with Crippen molar-refractivity contribution in [3.8, 4) is 0 Å². The Labute approximate surface area is 89.0 Å². The Bertz CT molecular complexity index is 208. The molecule has 0 radical (unpaired) electrons. The Kier molecular flexibility index (Phi) is 7.57. The van der Waals surface area contributed by atoms with Crippen molar-refractivity contribution in [1.29, 1.82) is 0 Å². The van der Waals surface area contributed by atoms with Crippen molar-refractivity contribution in [2.24, 2.45) is 0 Å². The second kappa shape index (κ2) is 8.19. The van der Waals surface area contributed by atoms with Crippen LogP contribution in [0.4, 0.5) is 0 Å². The number of ether oxygens (including phenoxy) is 1. The zero-order valence-corrected chi connectivity index (χ0v) is 9.08. The van der Waals surface area contributed by atoms with E-state index in [-0.39, 0.29) is 12.5 Å². The molecule has 0 rings (SSSR count). The van der Waals surface area contributed by atoms with E-state index < -0.39 is 12.0 Å². The van der Waals surface area contributed by atoms with Crippen LogP contribution < -0.4 is 10.6 Å². The first kappa shape index (κ1) is 13.9. The van der Waals surface area contributed by atoms with Crippen molar-refractivity contribution in [3.05, 3.63) is 0 Å². The zero-order chi connectivity index (χ0) is 11.7. The molecule has 0 aliphatic rings. The summed E-state index contributed by atoms with van der Waals surface area (Å²) in [6.45, 7) is 2.63. The van der Waals surface area contributed by atoms with Gasteiger partial charge in [-0.15, -0.1) is 0 Å². The molecule has 0 aliphatic carbocycles. The van der Waals surface area contributed by atoms with Gasteiger partial charge in [0.15, 0.2) is 0 Å². The van der Waals surface area contributed by atoms with Gasteiger partial charge in [-0.3, -0.25) is 14.9 Å². The van der Waals surface area contributed by atoms with E-state index in [0.29, 0.717) is 13.2 Å². The fourth-order valence-electron chi connectivity index (χ4n) is 0.840. The van der Waals surface area contributed by atoms with Crippen LogP contribution in [0.25, 0.3) is 0 Å². The fraction of sp³-hybridized carbons (Fsp3) is 0.778. The minimum Gasteiger partial charge on any atom is -0.480 e. The molecule has 0 fully saturated rings. The summed E-state index contributed by atoms with van der Waals surface area (Å²) in [7, 11) is 1.60. The third-order valence-corrected chi connectivity index (χ3v) is 1.79. The molecule has 0 aliphatic heterocycles. The van der Waals surface area contributed by atoms with E-state index in [4.69, 9.17) is 9.84 Å².